The van der Waals surface area contributed by atoms with Crippen molar-refractivity contribution in [3.05, 3.63) is 54.1 Å². The first kappa shape index (κ1) is 22.7. The summed E-state index contributed by atoms with van der Waals surface area (Å²) in [7, 11) is 1.60. The van der Waals surface area contributed by atoms with Gasteiger partial charge in [-0.3, -0.25) is 19.6 Å². The van der Waals surface area contributed by atoms with Gasteiger partial charge in [-0.05, 0) is 31.2 Å². The molecule has 2 heterocycles. The van der Waals surface area contributed by atoms with Gasteiger partial charge < -0.3 is 19.7 Å². The highest BCUT2D eigenvalue weighted by atomic mass is 16.5. The van der Waals surface area contributed by atoms with Crippen LogP contribution in [0, 0.1) is 0 Å². The Balaban J connectivity index is 1.44. The van der Waals surface area contributed by atoms with Crippen LogP contribution in [0.4, 0.5) is 0 Å². The number of carbonyl (C=O) groups is 2. The first-order valence-electron chi connectivity index (χ1n) is 10.6. The summed E-state index contributed by atoms with van der Waals surface area (Å²) in [4.78, 5) is 34.7. The summed E-state index contributed by atoms with van der Waals surface area (Å²) < 4.78 is 11.0. The summed E-state index contributed by atoms with van der Waals surface area (Å²) in [6, 6.07) is 7.11. The SMILES string of the molecule is COCCC(=O)N1CCC(Oc2ccc(C(=O)NC(C)Cc3cnccn3)cc2)CC1. The number of likely N-dealkylation sites (tertiary alicyclic amines) is 1. The number of benzene rings is 1. The molecule has 0 spiro atoms. The van der Waals surface area contributed by atoms with Crippen molar-refractivity contribution in [2.75, 3.05) is 26.8 Å². The molecule has 31 heavy (non-hydrogen) atoms. The average Bonchev–Trinajstić information content (AvgIpc) is 2.79. The molecule has 1 atom stereocenters. The van der Waals surface area contributed by atoms with Gasteiger partial charge in [0.2, 0.25) is 5.91 Å². The molecule has 1 aliphatic rings. The Hall–Kier alpha value is -3.00. The van der Waals surface area contributed by atoms with Gasteiger partial charge in [0.1, 0.15) is 11.9 Å². The number of rotatable bonds is 9. The second kappa shape index (κ2) is 11.4. The molecule has 1 aromatic carbocycles. The standard InChI is InChI=1S/C23H30N4O4/c1-17(15-19-16-24-10-11-25-19)26-23(29)18-3-5-20(6-4-18)31-21-7-12-27(13-8-21)22(28)9-14-30-2/h3-6,10-11,16-17,21H,7-9,12-15H2,1-2H3,(H,26,29). The highest BCUT2D eigenvalue weighted by Crippen LogP contribution is 2.20. The van der Waals surface area contributed by atoms with Crippen LogP contribution in [0.1, 0.15) is 42.2 Å². The van der Waals surface area contributed by atoms with E-state index in [1.807, 2.05) is 24.0 Å². The average molecular weight is 427 g/mol. The van der Waals surface area contributed by atoms with Crippen LogP contribution in [0.2, 0.25) is 0 Å². The number of nitrogens with one attached hydrogen (secondary N) is 1. The number of hydrogen-bond donors (Lipinski definition) is 1. The molecule has 2 aromatic rings. The molecule has 1 fully saturated rings. The van der Waals surface area contributed by atoms with Crippen LogP contribution in [0.25, 0.3) is 0 Å². The molecule has 3 rings (SSSR count). The van der Waals surface area contributed by atoms with Crippen LogP contribution in [0.3, 0.4) is 0 Å². The molecule has 0 saturated carbocycles. The van der Waals surface area contributed by atoms with E-state index in [1.54, 1.807) is 37.8 Å². The minimum Gasteiger partial charge on any atom is -0.490 e. The molecule has 8 nitrogen and oxygen atoms in total. The highest BCUT2D eigenvalue weighted by molar-refractivity contribution is 5.94. The van der Waals surface area contributed by atoms with Crippen molar-refractivity contribution >= 4 is 11.8 Å². The van der Waals surface area contributed by atoms with Crippen LogP contribution in [0.5, 0.6) is 5.75 Å². The van der Waals surface area contributed by atoms with Crippen molar-refractivity contribution in [3.63, 3.8) is 0 Å². The van der Waals surface area contributed by atoms with Crippen LogP contribution in [-0.2, 0) is 16.0 Å². The van der Waals surface area contributed by atoms with Crippen molar-refractivity contribution in [1.29, 1.82) is 0 Å². The molecule has 2 amide bonds. The summed E-state index contributed by atoms with van der Waals surface area (Å²) in [5.41, 5.74) is 1.42. The number of hydrogen-bond acceptors (Lipinski definition) is 6. The predicted molar refractivity (Wildman–Crippen MR) is 116 cm³/mol. The normalized spacial score (nSPS) is 15.4. The van der Waals surface area contributed by atoms with E-state index >= 15 is 0 Å². The van der Waals surface area contributed by atoms with Crippen molar-refractivity contribution in [2.24, 2.45) is 0 Å². The Bertz CT molecular complexity index is 836. The number of ether oxygens (including phenoxy) is 2. The zero-order valence-electron chi connectivity index (χ0n) is 18.1. The van der Waals surface area contributed by atoms with Crippen molar-refractivity contribution in [3.8, 4) is 5.75 Å². The third-order valence-electron chi connectivity index (χ3n) is 5.24. The fourth-order valence-electron chi connectivity index (χ4n) is 3.56. The van der Waals surface area contributed by atoms with Gasteiger partial charge in [0, 0.05) is 69.7 Å². The Morgan fingerprint density at radius 3 is 2.58 bits per heavy atom. The fourth-order valence-corrected chi connectivity index (χ4v) is 3.56. The van der Waals surface area contributed by atoms with Gasteiger partial charge in [0.25, 0.3) is 5.91 Å². The largest absolute Gasteiger partial charge is 0.490 e. The second-order valence-electron chi connectivity index (χ2n) is 7.74. The molecular weight excluding hydrogens is 396 g/mol. The summed E-state index contributed by atoms with van der Waals surface area (Å²) in [6.07, 6.45) is 7.67. The lowest BCUT2D eigenvalue weighted by molar-refractivity contribution is -0.133. The van der Waals surface area contributed by atoms with E-state index in [1.165, 1.54) is 0 Å². The smallest absolute Gasteiger partial charge is 0.251 e. The predicted octanol–water partition coefficient (Wildman–Crippen LogP) is 2.24. The Labute approximate surface area is 183 Å². The van der Waals surface area contributed by atoms with Gasteiger partial charge in [-0.2, -0.15) is 0 Å². The maximum atomic E-state index is 12.5. The second-order valence-corrected chi connectivity index (χ2v) is 7.74. The topological polar surface area (TPSA) is 93.6 Å². The van der Waals surface area contributed by atoms with Gasteiger partial charge in [-0.15, -0.1) is 0 Å². The van der Waals surface area contributed by atoms with Crippen molar-refractivity contribution < 1.29 is 19.1 Å². The molecule has 1 aromatic heterocycles. The van der Waals surface area contributed by atoms with Crippen LogP contribution >= 0.6 is 0 Å². The molecular formula is C23H30N4O4. The van der Waals surface area contributed by atoms with Gasteiger partial charge in [-0.25, -0.2) is 0 Å². The monoisotopic (exact) mass is 426 g/mol. The molecule has 1 unspecified atom stereocenters. The van der Waals surface area contributed by atoms with Gasteiger partial charge in [0.15, 0.2) is 0 Å². The van der Waals surface area contributed by atoms with Crippen molar-refractivity contribution in [1.82, 2.24) is 20.2 Å². The van der Waals surface area contributed by atoms with E-state index in [0.717, 1.165) is 24.3 Å². The Morgan fingerprint density at radius 1 is 1.19 bits per heavy atom. The van der Waals surface area contributed by atoms with Gasteiger partial charge >= 0.3 is 0 Å². The maximum absolute atomic E-state index is 12.5. The highest BCUT2D eigenvalue weighted by Gasteiger charge is 2.23. The number of nitrogens with zero attached hydrogens (tertiary/aromatic N) is 3. The van der Waals surface area contributed by atoms with E-state index in [9.17, 15) is 9.59 Å². The molecule has 0 aliphatic carbocycles. The van der Waals surface area contributed by atoms with E-state index in [2.05, 4.69) is 15.3 Å². The van der Waals surface area contributed by atoms with Crippen LogP contribution < -0.4 is 10.1 Å². The van der Waals surface area contributed by atoms with E-state index in [0.29, 0.717) is 38.1 Å². The number of amides is 2. The summed E-state index contributed by atoms with van der Waals surface area (Å²) in [5.74, 6) is 0.725. The summed E-state index contributed by atoms with van der Waals surface area (Å²) >= 11 is 0. The third kappa shape index (κ3) is 7.03. The zero-order chi connectivity index (χ0) is 22.1. The quantitative estimate of drug-likeness (QED) is 0.661. The summed E-state index contributed by atoms with van der Waals surface area (Å²) in [6.45, 7) is 3.78. The fraction of sp³-hybridized carbons (Fsp3) is 0.478. The zero-order valence-corrected chi connectivity index (χ0v) is 18.1. The van der Waals surface area contributed by atoms with Crippen LogP contribution in [-0.4, -0.2) is 65.6 Å². The number of carbonyl (C=O) groups excluding carboxylic acids is 2. The maximum Gasteiger partial charge on any atom is 0.251 e. The number of aromatic nitrogens is 2. The molecule has 1 aliphatic heterocycles. The first-order chi connectivity index (χ1) is 15.0. The lowest BCUT2D eigenvalue weighted by atomic mass is 10.1. The molecule has 1 N–H and O–H groups in total. The van der Waals surface area contributed by atoms with Gasteiger partial charge in [0.05, 0.1) is 18.7 Å². The van der Waals surface area contributed by atoms with Gasteiger partial charge in [-0.1, -0.05) is 0 Å². The Morgan fingerprint density at radius 2 is 1.94 bits per heavy atom. The molecule has 1 saturated heterocycles. The van der Waals surface area contributed by atoms with E-state index < -0.39 is 0 Å². The first-order valence-corrected chi connectivity index (χ1v) is 10.6. The lowest BCUT2D eigenvalue weighted by Gasteiger charge is -2.32. The molecule has 8 heteroatoms. The lowest BCUT2D eigenvalue weighted by Crippen LogP contribution is -2.42. The Kier molecular flexibility index (Phi) is 8.35. The molecule has 166 valence electrons. The summed E-state index contributed by atoms with van der Waals surface area (Å²) in [5, 5.41) is 2.98. The van der Waals surface area contributed by atoms with E-state index in [-0.39, 0.29) is 24.0 Å². The minimum atomic E-state index is -0.134. The van der Waals surface area contributed by atoms with Crippen LogP contribution in [0.15, 0.2) is 42.9 Å². The third-order valence-corrected chi connectivity index (χ3v) is 5.24. The minimum absolute atomic E-state index is 0.0584. The molecule has 0 bridgehead atoms. The number of methoxy groups -OCH3 is 1. The van der Waals surface area contributed by atoms with Crippen molar-refractivity contribution in [2.45, 2.75) is 44.8 Å². The molecule has 0 radical (unpaired) electrons. The number of piperidine rings is 1. The van der Waals surface area contributed by atoms with E-state index in [4.69, 9.17) is 9.47 Å².